The number of hydrazine groups is 1. The molecule has 1 heterocycles. The number of hydrogen-bond acceptors (Lipinski definition) is 3. The van der Waals surface area contributed by atoms with Crippen LogP contribution in [0.15, 0.2) is 36.4 Å². The monoisotopic (exact) mass is 263 g/mol. The number of alkyl halides is 2. The van der Waals surface area contributed by atoms with Gasteiger partial charge >= 0.3 is 0 Å². The molecule has 0 bridgehead atoms. The average Bonchev–Trinajstić information content (AvgIpc) is 2.38. The van der Waals surface area contributed by atoms with Crippen LogP contribution in [0.25, 0.3) is 11.3 Å². The van der Waals surface area contributed by atoms with E-state index in [4.69, 9.17) is 5.84 Å². The van der Waals surface area contributed by atoms with E-state index in [-0.39, 0.29) is 11.3 Å². The van der Waals surface area contributed by atoms with Crippen LogP contribution >= 0.6 is 0 Å². The standard InChI is InChI=1S/C14H15F2N3/c1-9-3-5-10(6-4-9)13-11(14(2,15)16)7-8-12(18-13)19-17/h3-8H,17H2,1-2H3,(H,18,19). The molecule has 0 aliphatic rings. The van der Waals surface area contributed by atoms with Crippen LogP contribution in [0.3, 0.4) is 0 Å². The molecule has 0 saturated heterocycles. The largest absolute Gasteiger partial charge is 0.308 e. The Bertz CT molecular complexity index is 574. The van der Waals surface area contributed by atoms with E-state index in [1.165, 1.54) is 12.1 Å². The van der Waals surface area contributed by atoms with Crippen LogP contribution in [0.1, 0.15) is 18.1 Å². The summed E-state index contributed by atoms with van der Waals surface area (Å²) < 4.78 is 27.2. The average molecular weight is 263 g/mol. The number of nitrogens with one attached hydrogen (secondary N) is 1. The van der Waals surface area contributed by atoms with Gasteiger partial charge in [-0.05, 0) is 19.1 Å². The summed E-state index contributed by atoms with van der Waals surface area (Å²) in [5.74, 6) is 2.67. The molecule has 1 aromatic heterocycles. The van der Waals surface area contributed by atoms with Crippen LogP contribution in [0.5, 0.6) is 0 Å². The number of hydrogen-bond donors (Lipinski definition) is 2. The summed E-state index contributed by atoms with van der Waals surface area (Å²) in [5, 5.41) is 0. The summed E-state index contributed by atoms with van der Waals surface area (Å²) in [5.41, 5.74) is 4.19. The molecule has 0 aliphatic heterocycles. The summed E-state index contributed by atoms with van der Waals surface area (Å²) in [4.78, 5) is 4.14. The minimum Gasteiger partial charge on any atom is -0.308 e. The van der Waals surface area contributed by atoms with Crippen molar-refractivity contribution in [3.63, 3.8) is 0 Å². The number of benzene rings is 1. The molecule has 0 aliphatic carbocycles. The predicted molar refractivity (Wildman–Crippen MR) is 71.8 cm³/mol. The maximum Gasteiger partial charge on any atom is 0.272 e. The maximum absolute atomic E-state index is 13.6. The van der Waals surface area contributed by atoms with E-state index in [1.807, 2.05) is 19.1 Å². The van der Waals surface area contributed by atoms with E-state index < -0.39 is 5.92 Å². The zero-order chi connectivity index (χ0) is 14.0. The van der Waals surface area contributed by atoms with Gasteiger partial charge in [-0.3, -0.25) is 0 Å². The highest BCUT2D eigenvalue weighted by atomic mass is 19.3. The molecule has 19 heavy (non-hydrogen) atoms. The molecule has 3 nitrogen and oxygen atoms in total. The van der Waals surface area contributed by atoms with Gasteiger partial charge in [-0.1, -0.05) is 29.8 Å². The highest BCUT2D eigenvalue weighted by Crippen LogP contribution is 2.35. The van der Waals surface area contributed by atoms with Gasteiger partial charge < -0.3 is 5.43 Å². The Kier molecular flexibility index (Phi) is 3.48. The van der Waals surface area contributed by atoms with Gasteiger partial charge in [-0.2, -0.15) is 0 Å². The maximum atomic E-state index is 13.6. The minimum absolute atomic E-state index is 0.115. The van der Waals surface area contributed by atoms with Crippen LogP contribution < -0.4 is 11.3 Å². The van der Waals surface area contributed by atoms with Crippen LogP contribution in [-0.2, 0) is 5.92 Å². The summed E-state index contributed by atoms with van der Waals surface area (Å²) in [6, 6.07) is 10.0. The predicted octanol–water partition coefficient (Wildman–Crippen LogP) is 3.45. The number of halogens is 2. The van der Waals surface area contributed by atoms with Crippen LogP contribution in [0, 0.1) is 6.92 Å². The lowest BCUT2D eigenvalue weighted by atomic mass is 10.0. The van der Waals surface area contributed by atoms with Crippen molar-refractivity contribution >= 4 is 5.82 Å². The molecule has 0 atom stereocenters. The summed E-state index contributed by atoms with van der Waals surface area (Å²) in [6.07, 6.45) is 0. The molecular weight excluding hydrogens is 248 g/mol. The second-order valence-electron chi connectivity index (χ2n) is 4.49. The zero-order valence-corrected chi connectivity index (χ0v) is 10.7. The molecule has 100 valence electrons. The molecule has 0 spiro atoms. The van der Waals surface area contributed by atoms with Gasteiger partial charge in [0.2, 0.25) is 0 Å². The van der Waals surface area contributed by atoms with E-state index in [9.17, 15) is 8.78 Å². The fraction of sp³-hybridized carbons (Fsp3) is 0.214. The molecule has 0 unspecified atom stereocenters. The second kappa shape index (κ2) is 4.93. The lowest BCUT2D eigenvalue weighted by molar-refractivity contribution is 0.0178. The Labute approximate surface area is 110 Å². The van der Waals surface area contributed by atoms with Gasteiger partial charge in [-0.25, -0.2) is 19.6 Å². The topological polar surface area (TPSA) is 50.9 Å². The van der Waals surface area contributed by atoms with Crippen molar-refractivity contribution in [3.05, 3.63) is 47.5 Å². The van der Waals surface area contributed by atoms with Crippen molar-refractivity contribution in [1.29, 1.82) is 0 Å². The first-order chi connectivity index (χ1) is 8.91. The Morgan fingerprint density at radius 1 is 1.11 bits per heavy atom. The van der Waals surface area contributed by atoms with Gasteiger partial charge in [-0.15, -0.1) is 0 Å². The van der Waals surface area contributed by atoms with Gasteiger partial charge in [0.25, 0.3) is 5.92 Å². The van der Waals surface area contributed by atoms with Gasteiger partial charge in [0.1, 0.15) is 5.82 Å². The third-order valence-electron chi connectivity index (χ3n) is 2.84. The molecular formula is C14H15F2N3. The van der Waals surface area contributed by atoms with Crippen molar-refractivity contribution in [2.45, 2.75) is 19.8 Å². The molecule has 0 fully saturated rings. The Morgan fingerprint density at radius 2 is 1.74 bits per heavy atom. The first kappa shape index (κ1) is 13.4. The number of anilines is 1. The highest BCUT2D eigenvalue weighted by molar-refractivity contribution is 5.66. The number of nitrogens with zero attached hydrogens (tertiary/aromatic N) is 1. The number of pyridine rings is 1. The summed E-state index contributed by atoms with van der Waals surface area (Å²) >= 11 is 0. The number of aromatic nitrogens is 1. The van der Waals surface area contributed by atoms with Crippen LogP contribution in [0.2, 0.25) is 0 Å². The first-order valence-electron chi connectivity index (χ1n) is 5.85. The van der Waals surface area contributed by atoms with Crippen molar-refractivity contribution in [2.24, 2.45) is 5.84 Å². The SMILES string of the molecule is Cc1ccc(-c2nc(NN)ccc2C(C)(F)F)cc1. The van der Waals surface area contributed by atoms with Crippen molar-refractivity contribution < 1.29 is 8.78 Å². The molecule has 3 N–H and O–H groups in total. The molecule has 0 amide bonds. The molecule has 2 aromatic rings. The third kappa shape index (κ3) is 2.88. The summed E-state index contributed by atoms with van der Waals surface area (Å²) in [7, 11) is 0. The second-order valence-corrected chi connectivity index (χ2v) is 4.49. The van der Waals surface area contributed by atoms with Crippen molar-refractivity contribution in [2.75, 3.05) is 5.43 Å². The molecule has 5 heteroatoms. The number of nitrogens with two attached hydrogens (primary N) is 1. The quantitative estimate of drug-likeness (QED) is 0.658. The Balaban J connectivity index is 2.61. The fourth-order valence-corrected chi connectivity index (χ4v) is 1.83. The van der Waals surface area contributed by atoms with Crippen LogP contribution in [0.4, 0.5) is 14.6 Å². The molecule has 2 rings (SSSR count). The number of nitrogen functional groups attached to an aromatic ring is 1. The molecule has 1 aromatic carbocycles. The molecule has 0 radical (unpaired) electrons. The minimum atomic E-state index is -2.96. The third-order valence-corrected chi connectivity index (χ3v) is 2.84. The smallest absolute Gasteiger partial charge is 0.272 e. The van der Waals surface area contributed by atoms with Gasteiger partial charge in [0.05, 0.1) is 5.69 Å². The van der Waals surface area contributed by atoms with E-state index in [2.05, 4.69) is 10.4 Å². The summed E-state index contributed by atoms with van der Waals surface area (Å²) in [6.45, 7) is 2.79. The van der Waals surface area contributed by atoms with E-state index >= 15 is 0 Å². The van der Waals surface area contributed by atoms with Crippen molar-refractivity contribution in [3.8, 4) is 11.3 Å². The highest BCUT2D eigenvalue weighted by Gasteiger charge is 2.29. The normalized spacial score (nSPS) is 11.4. The van der Waals surface area contributed by atoms with Crippen molar-refractivity contribution in [1.82, 2.24) is 4.98 Å². The zero-order valence-electron chi connectivity index (χ0n) is 10.7. The first-order valence-corrected chi connectivity index (χ1v) is 5.85. The fourth-order valence-electron chi connectivity index (χ4n) is 1.83. The Hall–Kier alpha value is -2.01. The van der Waals surface area contributed by atoms with E-state index in [0.29, 0.717) is 11.4 Å². The number of rotatable bonds is 3. The van der Waals surface area contributed by atoms with Crippen LogP contribution in [-0.4, -0.2) is 4.98 Å². The lowest BCUT2D eigenvalue weighted by Crippen LogP contribution is -2.13. The van der Waals surface area contributed by atoms with E-state index in [1.54, 1.807) is 12.1 Å². The number of aryl methyl sites for hydroxylation is 1. The lowest BCUT2D eigenvalue weighted by Gasteiger charge is -2.16. The Morgan fingerprint density at radius 3 is 2.26 bits per heavy atom. The molecule has 0 saturated carbocycles. The van der Waals surface area contributed by atoms with Gasteiger partial charge in [0.15, 0.2) is 0 Å². The van der Waals surface area contributed by atoms with E-state index in [0.717, 1.165) is 12.5 Å². The van der Waals surface area contributed by atoms with Gasteiger partial charge in [0, 0.05) is 18.1 Å².